The Morgan fingerprint density at radius 2 is 1.61 bits per heavy atom. The topological polar surface area (TPSA) is 56.3 Å². The Morgan fingerprint density at radius 3 is 2.00 bits per heavy atom. The first-order valence-corrected chi connectivity index (χ1v) is 8.21. The second-order valence-electron chi connectivity index (χ2n) is 6.69. The first-order chi connectivity index (χ1) is 11.0. The number of ether oxygens (including phenoxy) is 2. The van der Waals surface area contributed by atoms with Gasteiger partial charge in [-0.3, -0.25) is 0 Å². The minimum Gasteiger partial charge on any atom is -0.475 e. The number of furan rings is 1. The zero-order valence-corrected chi connectivity index (χ0v) is 14.2. The van der Waals surface area contributed by atoms with E-state index in [1.807, 2.05) is 18.2 Å². The van der Waals surface area contributed by atoms with Gasteiger partial charge >= 0.3 is 0 Å². The number of hydrogen-bond donors (Lipinski definition) is 0. The molecular weight excluding hydrogens is 292 g/mol. The first-order valence-electron chi connectivity index (χ1n) is 8.21. The Bertz CT molecular complexity index is 591. The van der Waals surface area contributed by atoms with E-state index in [0.717, 1.165) is 11.3 Å². The highest BCUT2D eigenvalue weighted by atomic mass is 16.5. The quantitative estimate of drug-likeness (QED) is 0.834. The molecule has 3 rings (SSSR count). The summed E-state index contributed by atoms with van der Waals surface area (Å²) in [6, 6.07) is 4.09. The zero-order valence-electron chi connectivity index (χ0n) is 14.2. The summed E-state index contributed by atoms with van der Waals surface area (Å²) in [5.41, 5.74) is 0.770. The Morgan fingerprint density at radius 1 is 1.04 bits per heavy atom. The molecule has 0 unspecified atom stereocenters. The van der Waals surface area contributed by atoms with Crippen molar-refractivity contribution in [1.29, 1.82) is 0 Å². The molecule has 2 aliphatic rings. The fourth-order valence-electron chi connectivity index (χ4n) is 2.49. The molecule has 5 heteroatoms. The van der Waals surface area contributed by atoms with Crippen molar-refractivity contribution in [1.82, 2.24) is 0 Å². The SMILES string of the molecule is CC(C)[C@H]1COC(C(=Cc2ccco2)C2=N[C@@H](C(C)C)CO2)=N1. The van der Waals surface area contributed by atoms with Crippen LogP contribution >= 0.6 is 0 Å². The van der Waals surface area contributed by atoms with Crippen LogP contribution in [-0.4, -0.2) is 37.1 Å². The molecule has 0 amide bonds. The molecule has 0 bridgehead atoms. The van der Waals surface area contributed by atoms with E-state index in [2.05, 4.69) is 27.7 Å². The van der Waals surface area contributed by atoms with Gasteiger partial charge in [0, 0.05) is 0 Å². The third-order valence-electron chi connectivity index (χ3n) is 4.18. The second kappa shape index (κ2) is 6.60. The molecule has 0 fully saturated rings. The fraction of sp³-hybridized carbons (Fsp3) is 0.556. The molecule has 2 aliphatic heterocycles. The number of nitrogens with zero attached hydrogens (tertiary/aromatic N) is 2. The van der Waals surface area contributed by atoms with Gasteiger partial charge in [-0.15, -0.1) is 0 Å². The highest BCUT2D eigenvalue weighted by Gasteiger charge is 2.31. The van der Waals surface area contributed by atoms with Crippen LogP contribution in [0.25, 0.3) is 6.08 Å². The molecule has 23 heavy (non-hydrogen) atoms. The van der Waals surface area contributed by atoms with E-state index in [4.69, 9.17) is 23.9 Å². The van der Waals surface area contributed by atoms with Gasteiger partial charge in [-0.1, -0.05) is 27.7 Å². The van der Waals surface area contributed by atoms with Crippen molar-refractivity contribution in [2.75, 3.05) is 13.2 Å². The third-order valence-corrected chi connectivity index (χ3v) is 4.18. The van der Waals surface area contributed by atoms with Crippen LogP contribution in [0.3, 0.4) is 0 Å². The molecule has 0 radical (unpaired) electrons. The first kappa shape index (κ1) is 15.8. The summed E-state index contributed by atoms with van der Waals surface area (Å²) >= 11 is 0. The van der Waals surface area contributed by atoms with Crippen LogP contribution in [0.15, 0.2) is 38.4 Å². The number of aliphatic imine (C=N–C) groups is 2. The standard InChI is InChI=1S/C18H24N2O3/c1-11(2)15-9-22-17(19-15)14(8-13-6-5-7-21-13)18-20-16(10-23-18)12(3)4/h5-8,11-12,15-16H,9-10H2,1-4H3/t15-,16-/m1/s1. The van der Waals surface area contributed by atoms with Crippen LogP contribution in [0, 0.1) is 11.8 Å². The maximum Gasteiger partial charge on any atom is 0.222 e. The normalized spacial score (nSPS) is 23.6. The van der Waals surface area contributed by atoms with E-state index < -0.39 is 0 Å². The van der Waals surface area contributed by atoms with Crippen LogP contribution in [0.5, 0.6) is 0 Å². The van der Waals surface area contributed by atoms with Gasteiger partial charge in [0.2, 0.25) is 11.8 Å². The van der Waals surface area contributed by atoms with E-state index in [0.29, 0.717) is 36.8 Å². The van der Waals surface area contributed by atoms with E-state index in [9.17, 15) is 0 Å². The van der Waals surface area contributed by atoms with Gasteiger partial charge in [0.15, 0.2) is 0 Å². The summed E-state index contributed by atoms with van der Waals surface area (Å²) in [6.45, 7) is 9.79. The van der Waals surface area contributed by atoms with E-state index in [1.165, 1.54) is 0 Å². The minimum atomic E-state index is 0.174. The predicted octanol–water partition coefficient (Wildman–Crippen LogP) is 3.57. The van der Waals surface area contributed by atoms with Gasteiger partial charge in [-0.2, -0.15) is 0 Å². The van der Waals surface area contributed by atoms with Gasteiger partial charge in [-0.25, -0.2) is 9.98 Å². The van der Waals surface area contributed by atoms with Crippen LogP contribution in [0.2, 0.25) is 0 Å². The summed E-state index contributed by atoms with van der Waals surface area (Å²) in [6.07, 6.45) is 3.54. The highest BCUT2D eigenvalue weighted by molar-refractivity contribution is 6.22. The van der Waals surface area contributed by atoms with Crippen molar-refractivity contribution in [2.24, 2.45) is 21.8 Å². The minimum absolute atomic E-state index is 0.174. The van der Waals surface area contributed by atoms with Crippen molar-refractivity contribution in [3.63, 3.8) is 0 Å². The van der Waals surface area contributed by atoms with E-state index in [1.54, 1.807) is 6.26 Å². The summed E-state index contributed by atoms with van der Waals surface area (Å²) in [4.78, 5) is 9.41. The molecule has 0 aliphatic carbocycles. The van der Waals surface area contributed by atoms with Gasteiger partial charge < -0.3 is 13.9 Å². The summed E-state index contributed by atoms with van der Waals surface area (Å²) in [5.74, 6) is 2.81. The molecule has 2 atom stereocenters. The number of hydrogen-bond acceptors (Lipinski definition) is 5. The molecule has 1 aromatic heterocycles. The van der Waals surface area contributed by atoms with E-state index in [-0.39, 0.29) is 12.1 Å². The lowest BCUT2D eigenvalue weighted by Crippen LogP contribution is -2.14. The molecule has 3 heterocycles. The predicted molar refractivity (Wildman–Crippen MR) is 90.7 cm³/mol. The summed E-state index contributed by atoms with van der Waals surface area (Å²) in [5, 5.41) is 0. The van der Waals surface area contributed by atoms with Crippen molar-refractivity contribution >= 4 is 17.9 Å². The summed E-state index contributed by atoms with van der Waals surface area (Å²) < 4.78 is 17.1. The van der Waals surface area contributed by atoms with Crippen molar-refractivity contribution in [3.8, 4) is 0 Å². The van der Waals surface area contributed by atoms with Crippen LogP contribution in [0.1, 0.15) is 33.5 Å². The lowest BCUT2D eigenvalue weighted by atomic mass is 10.1. The largest absolute Gasteiger partial charge is 0.475 e. The molecule has 124 valence electrons. The van der Waals surface area contributed by atoms with Gasteiger partial charge in [0.1, 0.15) is 24.5 Å². The average molecular weight is 316 g/mol. The zero-order chi connectivity index (χ0) is 16.4. The molecule has 0 aromatic carbocycles. The molecule has 1 aromatic rings. The van der Waals surface area contributed by atoms with Gasteiger partial charge in [-0.05, 0) is 30.0 Å². The molecule has 5 nitrogen and oxygen atoms in total. The molecule has 0 N–H and O–H groups in total. The molecule has 0 saturated heterocycles. The second-order valence-corrected chi connectivity index (χ2v) is 6.69. The van der Waals surface area contributed by atoms with Gasteiger partial charge in [0.25, 0.3) is 0 Å². The maximum absolute atomic E-state index is 5.83. The monoisotopic (exact) mass is 316 g/mol. The van der Waals surface area contributed by atoms with Crippen molar-refractivity contribution in [3.05, 3.63) is 29.7 Å². The van der Waals surface area contributed by atoms with Gasteiger partial charge in [0.05, 0.1) is 18.3 Å². The molecule has 0 saturated carbocycles. The average Bonchev–Trinajstić information content (AvgIpc) is 3.25. The van der Waals surface area contributed by atoms with Crippen molar-refractivity contribution < 1.29 is 13.9 Å². The Kier molecular flexibility index (Phi) is 4.55. The molecular formula is C18H24N2O3. The molecule has 0 spiro atoms. The Balaban J connectivity index is 1.93. The highest BCUT2D eigenvalue weighted by Crippen LogP contribution is 2.24. The Labute approximate surface area is 137 Å². The lowest BCUT2D eigenvalue weighted by Gasteiger charge is -2.07. The van der Waals surface area contributed by atoms with E-state index >= 15 is 0 Å². The number of rotatable bonds is 5. The Hall–Kier alpha value is -2.04. The summed E-state index contributed by atoms with van der Waals surface area (Å²) in [7, 11) is 0. The van der Waals surface area contributed by atoms with Crippen molar-refractivity contribution in [2.45, 2.75) is 39.8 Å². The lowest BCUT2D eigenvalue weighted by molar-refractivity contribution is 0.284. The van der Waals surface area contributed by atoms with Crippen LogP contribution < -0.4 is 0 Å². The third kappa shape index (κ3) is 3.49. The maximum atomic E-state index is 5.83. The fourth-order valence-corrected chi connectivity index (χ4v) is 2.49. The van der Waals surface area contributed by atoms with Crippen LogP contribution in [-0.2, 0) is 9.47 Å². The van der Waals surface area contributed by atoms with Crippen LogP contribution in [0.4, 0.5) is 0 Å². The smallest absolute Gasteiger partial charge is 0.222 e.